The molecule has 2 aliphatic rings. The van der Waals surface area contributed by atoms with Gasteiger partial charge in [0.1, 0.15) is 0 Å². The second kappa shape index (κ2) is 6.67. The number of hydrogen-bond acceptors (Lipinski definition) is 4. The van der Waals surface area contributed by atoms with Gasteiger partial charge in [0.15, 0.2) is 0 Å². The molecule has 1 aliphatic carbocycles. The maximum absolute atomic E-state index is 6.03. The normalized spacial score (nSPS) is 31.9. The maximum Gasteiger partial charge on any atom is 0.504 e. The van der Waals surface area contributed by atoms with Crippen molar-refractivity contribution in [2.45, 2.75) is 64.7 Å². The average molecular weight is 288 g/mol. The predicted octanol–water partition coefficient (Wildman–Crippen LogP) is 2.99. The Morgan fingerprint density at radius 2 is 1.58 bits per heavy atom. The lowest BCUT2D eigenvalue weighted by Crippen LogP contribution is -2.52. The summed E-state index contributed by atoms with van der Waals surface area (Å²) < 4.78 is 23.7. The van der Waals surface area contributed by atoms with Crippen molar-refractivity contribution in [2.75, 3.05) is 19.8 Å². The molecule has 0 spiro atoms. The number of rotatable bonds is 8. The molecule has 1 aliphatic heterocycles. The standard InChI is InChI=1S/C14H28O4Si/c1-5-15-19(16-6-2,17-7-3)11(4)12-8-9-13-14(10-12)18-13/h11-14H,5-10H2,1-4H3. The molecule has 19 heavy (non-hydrogen) atoms. The first kappa shape index (κ1) is 15.4. The molecule has 0 aromatic rings. The van der Waals surface area contributed by atoms with Gasteiger partial charge in [-0.2, -0.15) is 0 Å². The third kappa shape index (κ3) is 3.39. The molecule has 0 radical (unpaired) electrons. The van der Waals surface area contributed by atoms with Gasteiger partial charge in [-0.1, -0.05) is 6.92 Å². The van der Waals surface area contributed by atoms with Crippen LogP contribution in [0.1, 0.15) is 47.0 Å². The van der Waals surface area contributed by atoms with Crippen LogP contribution in [0.2, 0.25) is 5.54 Å². The van der Waals surface area contributed by atoms with E-state index in [4.69, 9.17) is 18.0 Å². The van der Waals surface area contributed by atoms with Crippen LogP contribution in [-0.4, -0.2) is 40.8 Å². The summed E-state index contributed by atoms with van der Waals surface area (Å²) in [7, 11) is -2.55. The fourth-order valence-electron chi connectivity index (χ4n) is 3.30. The van der Waals surface area contributed by atoms with Gasteiger partial charge >= 0.3 is 8.80 Å². The van der Waals surface area contributed by atoms with Gasteiger partial charge in [-0.15, -0.1) is 0 Å². The van der Waals surface area contributed by atoms with Crippen LogP contribution in [0, 0.1) is 5.92 Å². The van der Waals surface area contributed by atoms with Crippen LogP contribution in [0.25, 0.3) is 0 Å². The van der Waals surface area contributed by atoms with E-state index >= 15 is 0 Å². The topological polar surface area (TPSA) is 40.2 Å². The highest BCUT2D eigenvalue weighted by Gasteiger charge is 2.54. The van der Waals surface area contributed by atoms with Crippen molar-refractivity contribution < 1.29 is 18.0 Å². The van der Waals surface area contributed by atoms with E-state index in [-0.39, 0.29) is 0 Å². The number of fused-ring (bicyclic) bond motifs is 1. The van der Waals surface area contributed by atoms with Crippen molar-refractivity contribution >= 4 is 8.80 Å². The van der Waals surface area contributed by atoms with Gasteiger partial charge in [0.25, 0.3) is 0 Å². The van der Waals surface area contributed by atoms with Crippen molar-refractivity contribution in [2.24, 2.45) is 5.92 Å². The van der Waals surface area contributed by atoms with Gasteiger partial charge in [0, 0.05) is 25.4 Å². The van der Waals surface area contributed by atoms with Gasteiger partial charge in [0.05, 0.1) is 12.2 Å². The first-order valence-corrected chi connectivity index (χ1v) is 9.54. The molecule has 4 atom stereocenters. The Labute approximate surface area is 118 Å². The molecular weight excluding hydrogens is 260 g/mol. The van der Waals surface area contributed by atoms with Gasteiger partial charge in [-0.25, -0.2) is 0 Å². The summed E-state index contributed by atoms with van der Waals surface area (Å²) in [6, 6.07) is 0. The van der Waals surface area contributed by atoms with Crippen molar-refractivity contribution in [1.82, 2.24) is 0 Å². The van der Waals surface area contributed by atoms with E-state index in [0.29, 0.717) is 43.5 Å². The van der Waals surface area contributed by atoms with Crippen LogP contribution in [0.4, 0.5) is 0 Å². The summed E-state index contributed by atoms with van der Waals surface area (Å²) in [5.41, 5.74) is 0.359. The number of epoxide rings is 1. The zero-order valence-electron chi connectivity index (χ0n) is 12.7. The minimum Gasteiger partial charge on any atom is -0.374 e. The zero-order chi connectivity index (χ0) is 13.9. The monoisotopic (exact) mass is 288 g/mol. The molecule has 0 N–H and O–H groups in total. The summed E-state index contributed by atoms with van der Waals surface area (Å²) in [6.45, 7) is 10.3. The third-order valence-corrected chi connectivity index (χ3v) is 8.01. The summed E-state index contributed by atoms with van der Waals surface area (Å²) in [5, 5.41) is 0. The van der Waals surface area contributed by atoms with E-state index in [1.54, 1.807) is 0 Å². The Balaban J connectivity index is 2.05. The minimum atomic E-state index is -2.55. The third-order valence-electron chi connectivity index (χ3n) is 4.35. The zero-order valence-corrected chi connectivity index (χ0v) is 13.7. The Morgan fingerprint density at radius 1 is 1.00 bits per heavy atom. The Morgan fingerprint density at radius 3 is 2.05 bits per heavy atom. The van der Waals surface area contributed by atoms with Crippen LogP contribution < -0.4 is 0 Å². The number of ether oxygens (including phenoxy) is 1. The summed E-state index contributed by atoms with van der Waals surface area (Å²) >= 11 is 0. The summed E-state index contributed by atoms with van der Waals surface area (Å²) in [6.07, 6.45) is 4.59. The summed E-state index contributed by atoms with van der Waals surface area (Å²) in [4.78, 5) is 0. The highest BCUT2D eigenvalue weighted by Crippen LogP contribution is 2.47. The maximum atomic E-state index is 6.03. The molecule has 112 valence electrons. The van der Waals surface area contributed by atoms with E-state index in [9.17, 15) is 0 Å². The molecule has 0 bridgehead atoms. The van der Waals surface area contributed by atoms with Crippen LogP contribution in [-0.2, 0) is 18.0 Å². The van der Waals surface area contributed by atoms with Crippen LogP contribution in [0.5, 0.6) is 0 Å². The second-order valence-electron chi connectivity index (χ2n) is 5.48. The SMILES string of the molecule is CCO[Si](OCC)(OCC)C(C)C1CCC2OC2C1. The molecule has 0 aromatic carbocycles. The Kier molecular flexibility index (Phi) is 5.43. The highest BCUT2D eigenvalue weighted by molar-refractivity contribution is 6.62. The van der Waals surface area contributed by atoms with Gasteiger partial charge in [-0.3, -0.25) is 0 Å². The van der Waals surface area contributed by atoms with Crippen molar-refractivity contribution in [3.63, 3.8) is 0 Å². The molecule has 5 heteroatoms. The highest BCUT2D eigenvalue weighted by atomic mass is 28.4. The number of hydrogen-bond donors (Lipinski definition) is 0. The molecule has 2 rings (SSSR count). The van der Waals surface area contributed by atoms with Crippen molar-refractivity contribution in [3.05, 3.63) is 0 Å². The molecule has 1 saturated carbocycles. The Bertz CT molecular complexity index is 270. The molecule has 1 saturated heterocycles. The van der Waals surface area contributed by atoms with Crippen molar-refractivity contribution in [3.8, 4) is 0 Å². The van der Waals surface area contributed by atoms with Crippen LogP contribution in [0.15, 0.2) is 0 Å². The smallest absolute Gasteiger partial charge is 0.374 e. The van der Waals surface area contributed by atoms with Gasteiger partial charge in [-0.05, 0) is 46.0 Å². The second-order valence-corrected chi connectivity index (χ2v) is 8.46. The average Bonchev–Trinajstić information content (AvgIpc) is 3.16. The largest absolute Gasteiger partial charge is 0.504 e. The first-order chi connectivity index (χ1) is 9.16. The van der Waals surface area contributed by atoms with E-state index in [0.717, 1.165) is 6.42 Å². The molecule has 1 heterocycles. The lowest BCUT2D eigenvalue weighted by Gasteiger charge is -2.38. The quantitative estimate of drug-likeness (QED) is 0.508. The van der Waals surface area contributed by atoms with E-state index in [1.807, 2.05) is 20.8 Å². The first-order valence-electron chi connectivity index (χ1n) is 7.74. The fraction of sp³-hybridized carbons (Fsp3) is 1.00. The molecule has 0 amide bonds. The molecular formula is C14H28O4Si. The lowest BCUT2D eigenvalue weighted by molar-refractivity contribution is 0.0534. The minimum absolute atomic E-state index is 0.359. The van der Waals surface area contributed by atoms with Gasteiger partial charge < -0.3 is 18.0 Å². The Hall–Kier alpha value is 0.0569. The molecule has 2 fully saturated rings. The van der Waals surface area contributed by atoms with E-state index in [1.165, 1.54) is 12.8 Å². The van der Waals surface area contributed by atoms with Crippen LogP contribution in [0.3, 0.4) is 0 Å². The van der Waals surface area contributed by atoms with Gasteiger partial charge in [0.2, 0.25) is 0 Å². The van der Waals surface area contributed by atoms with E-state index < -0.39 is 8.80 Å². The lowest BCUT2D eigenvalue weighted by atomic mass is 9.87. The molecule has 4 unspecified atom stereocenters. The molecule has 4 nitrogen and oxygen atoms in total. The van der Waals surface area contributed by atoms with Crippen molar-refractivity contribution in [1.29, 1.82) is 0 Å². The predicted molar refractivity (Wildman–Crippen MR) is 76.1 cm³/mol. The summed E-state index contributed by atoms with van der Waals surface area (Å²) in [5.74, 6) is 0.611. The fourth-order valence-corrected chi connectivity index (χ4v) is 6.43. The van der Waals surface area contributed by atoms with E-state index in [2.05, 4.69) is 6.92 Å². The molecule has 0 aromatic heterocycles. The van der Waals surface area contributed by atoms with Crippen LogP contribution >= 0.6 is 0 Å².